The summed E-state index contributed by atoms with van der Waals surface area (Å²) in [7, 11) is 0. The Labute approximate surface area is 121 Å². The normalized spacial score (nSPS) is 16.6. The summed E-state index contributed by atoms with van der Waals surface area (Å²) in [6.45, 7) is 0.187. The van der Waals surface area contributed by atoms with Crippen molar-refractivity contribution in [2.75, 3.05) is 32.7 Å². The average molecular weight is 310 g/mol. The largest absolute Gasteiger partial charge is 0.401 e. The molecule has 0 atom stereocenters. The molecular formula is C12H15ClF3N3O. The number of amides is 1. The Morgan fingerprint density at radius 3 is 2.40 bits per heavy atom. The Hall–Kier alpha value is -1.34. The summed E-state index contributed by atoms with van der Waals surface area (Å²) < 4.78 is 36.7. The van der Waals surface area contributed by atoms with Crippen molar-refractivity contribution in [3.8, 4) is 0 Å². The minimum atomic E-state index is -4.18. The van der Waals surface area contributed by atoms with Crippen LogP contribution in [-0.2, 0) is 0 Å². The fraction of sp³-hybridized carbons (Fsp3) is 0.500. The first-order chi connectivity index (χ1) is 8.96. The fourth-order valence-corrected chi connectivity index (χ4v) is 2.03. The van der Waals surface area contributed by atoms with E-state index in [1.165, 1.54) is 11.1 Å². The Morgan fingerprint density at radius 2 is 1.90 bits per heavy atom. The number of hydrogen-bond acceptors (Lipinski definition) is 3. The topological polar surface area (TPSA) is 36.4 Å². The molecule has 0 aromatic carbocycles. The van der Waals surface area contributed by atoms with E-state index in [-0.39, 0.29) is 31.4 Å². The minimum Gasteiger partial charge on any atom is -0.336 e. The van der Waals surface area contributed by atoms with Crippen LogP contribution >= 0.6 is 12.4 Å². The lowest BCUT2D eigenvalue weighted by Gasteiger charge is -2.34. The van der Waals surface area contributed by atoms with Gasteiger partial charge in [-0.1, -0.05) is 0 Å². The van der Waals surface area contributed by atoms with Crippen LogP contribution in [0.3, 0.4) is 0 Å². The van der Waals surface area contributed by atoms with Crippen LogP contribution in [-0.4, -0.2) is 59.6 Å². The van der Waals surface area contributed by atoms with Gasteiger partial charge in [0.05, 0.1) is 12.1 Å². The molecule has 0 radical (unpaired) electrons. The number of nitrogens with zero attached hydrogens (tertiary/aromatic N) is 3. The summed E-state index contributed by atoms with van der Waals surface area (Å²) >= 11 is 0. The summed E-state index contributed by atoms with van der Waals surface area (Å²) in [5, 5.41) is 0. The van der Waals surface area contributed by atoms with Gasteiger partial charge in [0.1, 0.15) is 0 Å². The number of hydrogen-bond donors (Lipinski definition) is 0. The van der Waals surface area contributed by atoms with E-state index in [2.05, 4.69) is 4.98 Å². The molecule has 1 aromatic rings. The van der Waals surface area contributed by atoms with Crippen molar-refractivity contribution in [2.45, 2.75) is 6.18 Å². The number of carbonyl (C=O) groups excluding carboxylic acids is 1. The third kappa shape index (κ3) is 4.64. The molecule has 1 saturated heterocycles. The van der Waals surface area contributed by atoms with Crippen LogP contribution in [0.2, 0.25) is 0 Å². The molecule has 0 spiro atoms. The Bertz CT molecular complexity index is 433. The molecule has 1 fully saturated rings. The van der Waals surface area contributed by atoms with Gasteiger partial charge < -0.3 is 4.90 Å². The highest BCUT2D eigenvalue weighted by molar-refractivity contribution is 5.93. The van der Waals surface area contributed by atoms with Gasteiger partial charge in [-0.2, -0.15) is 13.2 Å². The molecular weight excluding hydrogens is 295 g/mol. The smallest absolute Gasteiger partial charge is 0.336 e. The Balaban J connectivity index is 0.00000200. The highest BCUT2D eigenvalue weighted by atomic mass is 35.5. The van der Waals surface area contributed by atoms with Gasteiger partial charge in [0.15, 0.2) is 0 Å². The van der Waals surface area contributed by atoms with Crippen molar-refractivity contribution in [3.05, 3.63) is 30.1 Å². The summed E-state index contributed by atoms with van der Waals surface area (Å²) in [6, 6.07) is 3.31. The zero-order valence-electron chi connectivity index (χ0n) is 10.6. The van der Waals surface area contributed by atoms with E-state index < -0.39 is 12.7 Å². The average Bonchev–Trinajstić information content (AvgIpc) is 2.38. The van der Waals surface area contributed by atoms with Crippen LogP contribution in [0.5, 0.6) is 0 Å². The third-order valence-electron chi connectivity index (χ3n) is 2.97. The molecule has 4 nitrogen and oxygen atoms in total. The molecule has 0 bridgehead atoms. The quantitative estimate of drug-likeness (QED) is 0.836. The number of pyridine rings is 1. The summed E-state index contributed by atoms with van der Waals surface area (Å²) in [5.41, 5.74) is 0.465. The van der Waals surface area contributed by atoms with Crippen molar-refractivity contribution in [1.29, 1.82) is 0 Å². The van der Waals surface area contributed by atoms with Gasteiger partial charge in [0.25, 0.3) is 5.91 Å². The molecule has 1 aromatic heterocycles. The van der Waals surface area contributed by atoms with E-state index >= 15 is 0 Å². The van der Waals surface area contributed by atoms with Gasteiger partial charge in [0, 0.05) is 38.6 Å². The number of aromatic nitrogens is 1. The number of alkyl halides is 3. The lowest BCUT2D eigenvalue weighted by atomic mass is 10.2. The molecule has 8 heteroatoms. The van der Waals surface area contributed by atoms with Crippen molar-refractivity contribution < 1.29 is 18.0 Å². The third-order valence-corrected chi connectivity index (χ3v) is 2.97. The van der Waals surface area contributed by atoms with E-state index in [9.17, 15) is 18.0 Å². The van der Waals surface area contributed by atoms with Crippen molar-refractivity contribution >= 4 is 18.3 Å². The van der Waals surface area contributed by atoms with E-state index in [1.807, 2.05) is 0 Å². The first-order valence-electron chi connectivity index (χ1n) is 5.94. The second kappa shape index (κ2) is 6.90. The number of rotatable bonds is 2. The van der Waals surface area contributed by atoms with Crippen molar-refractivity contribution in [3.63, 3.8) is 0 Å². The minimum absolute atomic E-state index is 0. The first kappa shape index (κ1) is 16.7. The summed E-state index contributed by atoms with van der Waals surface area (Å²) in [4.78, 5) is 18.8. The van der Waals surface area contributed by atoms with Gasteiger partial charge >= 0.3 is 6.18 Å². The fourth-order valence-electron chi connectivity index (χ4n) is 2.03. The van der Waals surface area contributed by atoms with Crippen LogP contribution < -0.4 is 0 Å². The molecule has 1 aliphatic heterocycles. The number of piperazine rings is 1. The Kier molecular flexibility index (Phi) is 5.76. The van der Waals surface area contributed by atoms with Crippen molar-refractivity contribution in [2.24, 2.45) is 0 Å². The van der Waals surface area contributed by atoms with Gasteiger partial charge in [-0.25, -0.2) is 0 Å². The maximum atomic E-state index is 12.2. The highest BCUT2D eigenvalue weighted by Gasteiger charge is 2.32. The van der Waals surface area contributed by atoms with Crippen LogP contribution in [0.15, 0.2) is 24.5 Å². The predicted octanol–water partition coefficient (Wildman–Crippen LogP) is 1.82. The van der Waals surface area contributed by atoms with Gasteiger partial charge in [-0.3, -0.25) is 14.7 Å². The molecule has 0 saturated carbocycles. The van der Waals surface area contributed by atoms with Crippen LogP contribution in [0, 0.1) is 0 Å². The lowest BCUT2D eigenvalue weighted by molar-refractivity contribution is -0.148. The zero-order chi connectivity index (χ0) is 13.9. The van der Waals surface area contributed by atoms with Crippen LogP contribution in [0.25, 0.3) is 0 Å². The molecule has 0 N–H and O–H groups in total. The SMILES string of the molecule is Cl.O=C(c1cccnc1)N1CCN(CC(F)(F)F)CC1. The van der Waals surface area contributed by atoms with Gasteiger partial charge in [0.2, 0.25) is 0 Å². The Morgan fingerprint density at radius 1 is 1.25 bits per heavy atom. The molecule has 112 valence electrons. The van der Waals surface area contributed by atoms with E-state index in [0.717, 1.165) is 0 Å². The van der Waals surface area contributed by atoms with E-state index in [4.69, 9.17) is 0 Å². The van der Waals surface area contributed by atoms with Gasteiger partial charge in [-0.15, -0.1) is 12.4 Å². The molecule has 0 aliphatic carbocycles. The standard InChI is InChI=1S/C12H14F3N3O.ClH/c13-12(14,15)9-17-4-6-18(7-5-17)11(19)10-2-1-3-16-8-10;/h1-3,8H,4-7,9H2;1H. The molecule has 2 heterocycles. The zero-order valence-corrected chi connectivity index (χ0v) is 11.5. The van der Waals surface area contributed by atoms with Crippen LogP contribution in [0.1, 0.15) is 10.4 Å². The molecule has 1 aliphatic rings. The predicted molar refractivity (Wildman–Crippen MR) is 69.9 cm³/mol. The van der Waals surface area contributed by atoms with Crippen LogP contribution in [0.4, 0.5) is 13.2 Å². The monoisotopic (exact) mass is 309 g/mol. The maximum absolute atomic E-state index is 12.2. The lowest BCUT2D eigenvalue weighted by Crippen LogP contribution is -2.50. The second-order valence-electron chi connectivity index (χ2n) is 4.43. The van der Waals surface area contributed by atoms with Gasteiger partial charge in [-0.05, 0) is 12.1 Å². The van der Waals surface area contributed by atoms with Crippen molar-refractivity contribution in [1.82, 2.24) is 14.8 Å². The van der Waals surface area contributed by atoms with E-state index in [0.29, 0.717) is 18.7 Å². The molecule has 1 amide bonds. The first-order valence-corrected chi connectivity index (χ1v) is 5.94. The molecule has 0 unspecified atom stereocenters. The highest BCUT2D eigenvalue weighted by Crippen LogP contribution is 2.18. The summed E-state index contributed by atoms with van der Waals surface area (Å²) in [5.74, 6) is -0.181. The van der Waals surface area contributed by atoms with E-state index in [1.54, 1.807) is 23.2 Å². The molecule has 20 heavy (non-hydrogen) atoms. The number of halogens is 4. The maximum Gasteiger partial charge on any atom is 0.401 e. The summed E-state index contributed by atoms with van der Waals surface area (Å²) in [6.07, 6.45) is -1.15. The number of carbonyl (C=O) groups is 1. The second-order valence-corrected chi connectivity index (χ2v) is 4.43. The molecule has 2 rings (SSSR count).